The van der Waals surface area contributed by atoms with Crippen molar-refractivity contribution in [1.29, 1.82) is 0 Å². The molecule has 1 aromatic rings. The molecule has 100 valence electrons. The Bertz CT molecular complexity index is 405. The Balaban J connectivity index is 2.21. The molecule has 4 heteroatoms. The van der Waals surface area contributed by atoms with Crippen LogP contribution < -0.4 is 5.73 Å². The summed E-state index contributed by atoms with van der Waals surface area (Å²) in [6, 6.07) is 5.78. The van der Waals surface area contributed by atoms with E-state index in [-0.39, 0.29) is 6.04 Å². The number of hydrogen-bond acceptors (Lipinski definition) is 2. The van der Waals surface area contributed by atoms with Gasteiger partial charge in [-0.25, -0.2) is 0 Å². The summed E-state index contributed by atoms with van der Waals surface area (Å²) in [5, 5.41) is 1.47. The molecule has 0 saturated heterocycles. The molecule has 1 unspecified atom stereocenters. The van der Waals surface area contributed by atoms with E-state index in [4.69, 9.17) is 28.9 Å². The van der Waals surface area contributed by atoms with Crippen molar-refractivity contribution in [2.75, 3.05) is 19.6 Å². The Kier molecular flexibility index (Phi) is 4.91. The fourth-order valence-corrected chi connectivity index (χ4v) is 2.78. The first-order valence-electron chi connectivity index (χ1n) is 6.54. The lowest BCUT2D eigenvalue weighted by molar-refractivity contribution is 0.203. The number of likely N-dealkylation sites (N-methyl/N-ethyl adjacent to an activating group) is 1. The van der Waals surface area contributed by atoms with E-state index in [0.717, 1.165) is 34.6 Å². The van der Waals surface area contributed by atoms with E-state index in [0.29, 0.717) is 6.54 Å². The quantitative estimate of drug-likeness (QED) is 0.864. The molecule has 0 spiro atoms. The summed E-state index contributed by atoms with van der Waals surface area (Å²) in [5.74, 6) is 0.844. The predicted molar refractivity (Wildman–Crippen MR) is 78.2 cm³/mol. The summed E-state index contributed by atoms with van der Waals surface area (Å²) in [4.78, 5) is 2.41. The molecule has 0 aromatic heterocycles. The molecule has 18 heavy (non-hydrogen) atoms. The third kappa shape index (κ3) is 3.39. The number of nitrogens with two attached hydrogens (primary N) is 1. The van der Waals surface area contributed by atoms with Crippen LogP contribution in [0.1, 0.15) is 31.4 Å². The van der Waals surface area contributed by atoms with Gasteiger partial charge >= 0.3 is 0 Å². The lowest BCUT2D eigenvalue weighted by Crippen LogP contribution is -2.35. The van der Waals surface area contributed by atoms with Crippen molar-refractivity contribution in [2.45, 2.75) is 25.8 Å². The molecule has 0 bridgehead atoms. The average molecular weight is 287 g/mol. The maximum atomic E-state index is 6.28. The van der Waals surface area contributed by atoms with Crippen molar-refractivity contribution in [1.82, 2.24) is 4.90 Å². The number of rotatable bonds is 6. The summed E-state index contributed by atoms with van der Waals surface area (Å²) >= 11 is 12.3. The van der Waals surface area contributed by atoms with Crippen molar-refractivity contribution >= 4 is 23.2 Å². The van der Waals surface area contributed by atoms with E-state index in [9.17, 15) is 0 Å². The molecule has 2 nitrogen and oxygen atoms in total. The highest BCUT2D eigenvalue weighted by atomic mass is 35.5. The van der Waals surface area contributed by atoms with Gasteiger partial charge in [-0.15, -0.1) is 0 Å². The minimum Gasteiger partial charge on any atom is -0.329 e. The van der Waals surface area contributed by atoms with Crippen molar-refractivity contribution in [3.05, 3.63) is 33.8 Å². The number of hydrogen-bond donors (Lipinski definition) is 1. The summed E-state index contributed by atoms with van der Waals surface area (Å²) in [6.07, 6.45) is 2.69. The van der Waals surface area contributed by atoms with Crippen LogP contribution in [-0.4, -0.2) is 24.5 Å². The molecule has 2 rings (SSSR count). The molecular weight excluding hydrogens is 267 g/mol. The van der Waals surface area contributed by atoms with E-state index in [1.54, 1.807) is 0 Å². The van der Waals surface area contributed by atoms with Gasteiger partial charge in [-0.2, -0.15) is 0 Å². The minimum absolute atomic E-state index is 0.168. The second-order valence-corrected chi connectivity index (χ2v) is 5.79. The summed E-state index contributed by atoms with van der Waals surface area (Å²) < 4.78 is 0. The van der Waals surface area contributed by atoms with Gasteiger partial charge in [0.2, 0.25) is 0 Å². The maximum Gasteiger partial charge on any atom is 0.0485 e. The molecule has 0 amide bonds. The molecule has 0 aliphatic heterocycles. The molecule has 2 N–H and O–H groups in total. The summed E-state index contributed by atoms with van der Waals surface area (Å²) in [6.45, 7) is 4.84. The van der Waals surface area contributed by atoms with Gasteiger partial charge in [0.05, 0.1) is 0 Å². The van der Waals surface area contributed by atoms with E-state index in [2.05, 4.69) is 11.8 Å². The van der Waals surface area contributed by atoms with Crippen LogP contribution in [0, 0.1) is 5.92 Å². The Morgan fingerprint density at radius 3 is 2.67 bits per heavy atom. The second kappa shape index (κ2) is 6.25. The van der Waals surface area contributed by atoms with Gasteiger partial charge in [-0.3, -0.25) is 4.90 Å². The van der Waals surface area contributed by atoms with Crippen LogP contribution in [0.5, 0.6) is 0 Å². The van der Waals surface area contributed by atoms with E-state index in [1.165, 1.54) is 12.8 Å². The minimum atomic E-state index is 0.168. The Hall–Kier alpha value is -0.280. The van der Waals surface area contributed by atoms with Crippen LogP contribution in [0.3, 0.4) is 0 Å². The molecule has 1 aromatic carbocycles. The SMILES string of the molecule is CCN(CC1CC1)C(CN)c1cc(Cl)ccc1Cl. The molecule has 1 atom stereocenters. The highest BCUT2D eigenvalue weighted by molar-refractivity contribution is 6.33. The summed E-state index contributed by atoms with van der Waals surface area (Å²) in [5.41, 5.74) is 7.00. The van der Waals surface area contributed by atoms with Crippen LogP contribution in [0.2, 0.25) is 10.0 Å². The Morgan fingerprint density at radius 1 is 1.39 bits per heavy atom. The smallest absolute Gasteiger partial charge is 0.0485 e. The molecule has 1 saturated carbocycles. The topological polar surface area (TPSA) is 29.3 Å². The standard InChI is InChI=1S/C14H20Cl2N2/c1-2-18(9-10-3-4-10)14(8-17)12-7-11(15)5-6-13(12)16/h5-7,10,14H,2-4,8-9,17H2,1H3. The molecule has 1 fully saturated rings. The Labute approximate surface area is 119 Å². The normalized spacial score (nSPS) is 17.2. The van der Waals surface area contributed by atoms with E-state index < -0.39 is 0 Å². The van der Waals surface area contributed by atoms with Gasteiger partial charge in [0.15, 0.2) is 0 Å². The lowest BCUT2D eigenvalue weighted by atomic mass is 10.0. The second-order valence-electron chi connectivity index (χ2n) is 4.95. The van der Waals surface area contributed by atoms with E-state index >= 15 is 0 Å². The van der Waals surface area contributed by atoms with Crippen molar-refractivity contribution in [3.8, 4) is 0 Å². The summed E-state index contributed by atoms with van der Waals surface area (Å²) in [7, 11) is 0. The maximum absolute atomic E-state index is 6.28. The number of nitrogens with zero attached hydrogens (tertiary/aromatic N) is 1. The van der Waals surface area contributed by atoms with Crippen molar-refractivity contribution in [3.63, 3.8) is 0 Å². The zero-order valence-electron chi connectivity index (χ0n) is 10.7. The third-order valence-corrected chi connectivity index (χ3v) is 4.16. The highest BCUT2D eigenvalue weighted by Gasteiger charge is 2.28. The van der Waals surface area contributed by atoms with Crippen LogP contribution in [-0.2, 0) is 0 Å². The van der Waals surface area contributed by atoms with E-state index in [1.807, 2.05) is 18.2 Å². The van der Waals surface area contributed by atoms with Gasteiger partial charge in [-0.05, 0) is 49.1 Å². The first-order valence-corrected chi connectivity index (χ1v) is 7.30. The fourth-order valence-electron chi connectivity index (χ4n) is 2.35. The molecule has 0 radical (unpaired) electrons. The molecular formula is C14H20Cl2N2. The van der Waals surface area contributed by atoms with Crippen LogP contribution in [0.25, 0.3) is 0 Å². The number of benzene rings is 1. The lowest BCUT2D eigenvalue weighted by Gasteiger charge is -2.31. The molecule has 1 aliphatic rings. The predicted octanol–water partition coefficient (Wildman–Crippen LogP) is 3.73. The first-order chi connectivity index (χ1) is 8.65. The van der Waals surface area contributed by atoms with Crippen LogP contribution in [0.4, 0.5) is 0 Å². The Morgan fingerprint density at radius 2 is 2.11 bits per heavy atom. The fraction of sp³-hybridized carbons (Fsp3) is 0.571. The molecule has 1 aliphatic carbocycles. The highest BCUT2D eigenvalue weighted by Crippen LogP contribution is 2.34. The van der Waals surface area contributed by atoms with Crippen LogP contribution in [0.15, 0.2) is 18.2 Å². The zero-order chi connectivity index (χ0) is 13.1. The van der Waals surface area contributed by atoms with Crippen molar-refractivity contribution in [2.24, 2.45) is 11.7 Å². The largest absolute Gasteiger partial charge is 0.329 e. The van der Waals surface area contributed by atoms with Gasteiger partial charge in [0.25, 0.3) is 0 Å². The van der Waals surface area contributed by atoms with Gasteiger partial charge in [-0.1, -0.05) is 30.1 Å². The van der Waals surface area contributed by atoms with Gasteiger partial charge in [0, 0.05) is 29.2 Å². The molecule has 0 heterocycles. The van der Waals surface area contributed by atoms with Crippen molar-refractivity contribution < 1.29 is 0 Å². The van der Waals surface area contributed by atoms with Gasteiger partial charge in [0.1, 0.15) is 0 Å². The number of halogens is 2. The monoisotopic (exact) mass is 286 g/mol. The zero-order valence-corrected chi connectivity index (χ0v) is 12.2. The third-order valence-electron chi connectivity index (χ3n) is 3.58. The van der Waals surface area contributed by atoms with Crippen LogP contribution >= 0.6 is 23.2 Å². The average Bonchev–Trinajstić information content (AvgIpc) is 3.17. The van der Waals surface area contributed by atoms with Gasteiger partial charge < -0.3 is 5.73 Å². The first kappa shape index (κ1) is 14.1.